The number of allylic oxidation sites excluding steroid dienone is 4. The molecule has 3 N–H and O–H groups in total. The maximum atomic E-state index is 13.6. The second-order valence-corrected chi connectivity index (χ2v) is 16.9. The normalized spacial score (nSPS) is 19.2. The molecule has 1 aliphatic heterocycles. The minimum absolute atomic E-state index is 0.0778. The molecule has 1 unspecified atom stereocenters. The topological polar surface area (TPSA) is 139 Å². The minimum Gasteiger partial charge on any atom is -0.382 e. The zero-order chi connectivity index (χ0) is 40.2. The van der Waals surface area contributed by atoms with Crippen LogP contribution in [0.25, 0.3) is 0 Å². The molecule has 9 nitrogen and oxygen atoms in total. The van der Waals surface area contributed by atoms with Gasteiger partial charge in [-0.05, 0) is 86.8 Å². The molecular weight excluding hydrogens is 807 g/mol. The smallest absolute Gasteiger partial charge is 0.330 e. The molecule has 0 saturated carbocycles. The first-order valence-electron chi connectivity index (χ1n) is 22.1. The number of rotatable bonds is 34. The lowest BCUT2D eigenvalue weighted by Crippen LogP contribution is -2.53. The monoisotopic (exact) mass is 882 g/mol. The first kappa shape index (κ1) is 49.3. The number of ketones is 2. The third-order valence-corrected chi connectivity index (χ3v) is 11.7. The fourth-order valence-corrected chi connectivity index (χ4v) is 7.85. The van der Waals surface area contributed by atoms with Crippen molar-refractivity contribution in [3.05, 3.63) is 54.9 Å². The Kier molecular flexibility index (Phi) is 27.1. The summed E-state index contributed by atoms with van der Waals surface area (Å²) in [6.45, 7) is 4.48. The van der Waals surface area contributed by atoms with Crippen molar-refractivity contribution in [2.45, 2.75) is 224 Å². The van der Waals surface area contributed by atoms with E-state index in [-0.39, 0.29) is 22.8 Å². The number of aromatic nitrogens is 2. The first-order valence-corrected chi connectivity index (χ1v) is 23.2. The van der Waals surface area contributed by atoms with Crippen LogP contribution in [0.1, 0.15) is 206 Å². The van der Waals surface area contributed by atoms with Gasteiger partial charge in [0, 0.05) is 25.5 Å². The van der Waals surface area contributed by atoms with E-state index in [2.05, 4.69) is 43.1 Å². The Morgan fingerprint density at radius 3 is 1.64 bits per heavy atom. The highest BCUT2D eigenvalue weighted by atomic mass is 127. The molecule has 0 amide bonds. The van der Waals surface area contributed by atoms with Gasteiger partial charge < -0.3 is 14.9 Å². The van der Waals surface area contributed by atoms with Crippen molar-refractivity contribution in [3.8, 4) is 0 Å². The number of hydrogen-bond acceptors (Lipinski definition) is 7. The van der Waals surface area contributed by atoms with Gasteiger partial charge in [-0.1, -0.05) is 141 Å². The van der Waals surface area contributed by atoms with Crippen LogP contribution in [0.3, 0.4) is 0 Å². The van der Waals surface area contributed by atoms with E-state index in [1.54, 1.807) is 22.6 Å². The molecule has 4 atom stereocenters. The highest BCUT2D eigenvalue weighted by molar-refractivity contribution is 14.1. The van der Waals surface area contributed by atoms with E-state index in [9.17, 15) is 29.4 Å². The Bertz CT molecular complexity index is 1370. The van der Waals surface area contributed by atoms with Crippen LogP contribution >= 0.6 is 22.6 Å². The summed E-state index contributed by atoms with van der Waals surface area (Å²) in [5, 5.41) is 23.0. The number of hydrogen-bond donors (Lipinski definition) is 3. The maximum Gasteiger partial charge on any atom is 0.330 e. The van der Waals surface area contributed by atoms with Crippen LogP contribution in [0, 0.1) is 3.57 Å². The van der Waals surface area contributed by atoms with Gasteiger partial charge in [-0.2, -0.15) is 0 Å². The van der Waals surface area contributed by atoms with Crippen LogP contribution in [0.2, 0.25) is 0 Å². The van der Waals surface area contributed by atoms with Gasteiger partial charge in [0.1, 0.15) is 18.4 Å². The SMILES string of the molecule is CCCCCCCC/C=C\CCCCCCCC(=O)C(O)[C@H]1O[C@@H](n2cc(I)c(=O)[nH]c2=O)C[C@@]1(O)C(=O)CCCCCCC/C=C\CCCCCCCC. The highest BCUT2D eigenvalue weighted by Crippen LogP contribution is 2.40. The lowest BCUT2D eigenvalue weighted by molar-refractivity contribution is -0.160. The lowest BCUT2D eigenvalue weighted by Gasteiger charge is -2.29. The van der Waals surface area contributed by atoms with Crippen LogP contribution in [0.15, 0.2) is 40.1 Å². The average Bonchev–Trinajstić information content (AvgIpc) is 3.53. The van der Waals surface area contributed by atoms with Crippen molar-refractivity contribution >= 4 is 34.2 Å². The number of carbonyl (C=O) groups is 2. The molecular formula is C45H75IN2O7. The highest BCUT2D eigenvalue weighted by Gasteiger charge is 2.56. The van der Waals surface area contributed by atoms with Gasteiger partial charge in [0.25, 0.3) is 5.56 Å². The number of nitrogens with zero attached hydrogens (tertiary/aromatic N) is 1. The summed E-state index contributed by atoms with van der Waals surface area (Å²) in [6, 6.07) is 0. The standard InChI is InChI=1S/C45H75IN2O7/c1-3-5-7-9-11-13-15-17-19-21-23-25-27-29-31-33-38(49)41(51)42-45(54,35-40(55-42)48-36-37(46)43(52)47-44(48)53)39(50)34-32-30-28-26-24-22-20-18-16-14-12-10-8-6-4-2/h17-20,36,40-42,51,54H,3-16,21-35H2,1-2H3,(H,47,52,53)/b19-17-,20-18-/t40-,41?,42-,45-/m1/s1. The molecule has 0 aliphatic carbocycles. The van der Waals surface area contributed by atoms with Crippen molar-refractivity contribution in [2.24, 2.45) is 0 Å². The lowest BCUT2D eigenvalue weighted by atomic mass is 9.83. The fourth-order valence-electron chi connectivity index (χ4n) is 7.42. The third-order valence-electron chi connectivity index (χ3n) is 10.9. The molecule has 1 aliphatic rings. The van der Waals surface area contributed by atoms with E-state index in [0.29, 0.717) is 12.8 Å². The van der Waals surface area contributed by atoms with E-state index in [1.165, 1.54) is 83.2 Å². The van der Waals surface area contributed by atoms with Crippen molar-refractivity contribution in [3.63, 3.8) is 0 Å². The van der Waals surface area contributed by atoms with Crippen LogP contribution in [-0.2, 0) is 14.3 Å². The van der Waals surface area contributed by atoms with Gasteiger partial charge in [0.15, 0.2) is 17.2 Å². The van der Waals surface area contributed by atoms with E-state index < -0.39 is 46.9 Å². The van der Waals surface area contributed by atoms with Crippen LogP contribution in [-0.4, -0.2) is 49.1 Å². The van der Waals surface area contributed by atoms with E-state index in [1.807, 2.05) is 0 Å². The molecule has 0 spiro atoms. The zero-order valence-corrected chi connectivity index (χ0v) is 36.5. The van der Waals surface area contributed by atoms with Crippen molar-refractivity contribution in [2.75, 3.05) is 0 Å². The van der Waals surface area contributed by atoms with E-state index in [4.69, 9.17) is 4.74 Å². The van der Waals surface area contributed by atoms with Gasteiger partial charge in [-0.3, -0.25) is 23.9 Å². The summed E-state index contributed by atoms with van der Waals surface area (Å²) in [4.78, 5) is 53.7. The molecule has 0 bridgehead atoms. The summed E-state index contributed by atoms with van der Waals surface area (Å²) in [5.74, 6) is -0.989. The zero-order valence-electron chi connectivity index (χ0n) is 34.4. The third kappa shape index (κ3) is 19.9. The van der Waals surface area contributed by atoms with Crippen molar-refractivity contribution in [1.29, 1.82) is 0 Å². The molecule has 10 heteroatoms. The summed E-state index contributed by atoms with van der Waals surface area (Å²) >= 11 is 1.79. The summed E-state index contributed by atoms with van der Waals surface area (Å²) < 4.78 is 7.33. The number of H-pyrrole nitrogens is 1. The minimum atomic E-state index is -2.15. The number of aliphatic hydroxyl groups excluding tert-OH is 1. The number of Topliss-reactive ketones (excluding diaryl/α,β-unsaturated/α-hetero) is 2. The van der Waals surface area contributed by atoms with Gasteiger partial charge in [-0.25, -0.2) is 4.79 Å². The number of unbranched alkanes of at least 4 members (excludes halogenated alkanes) is 22. The number of halogens is 1. The second kappa shape index (κ2) is 30.2. The van der Waals surface area contributed by atoms with Gasteiger partial charge in [-0.15, -0.1) is 0 Å². The Labute approximate surface area is 345 Å². The first-order chi connectivity index (χ1) is 26.7. The Morgan fingerprint density at radius 1 is 0.745 bits per heavy atom. The quantitative estimate of drug-likeness (QED) is 0.0356. The molecule has 0 radical (unpaired) electrons. The molecule has 55 heavy (non-hydrogen) atoms. The van der Waals surface area contributed by atoms with E-state index >= 15 is 0 Å². The molecule has 1 saturated heterocycles. The Morgan fingerprint density at radius 2 is 1.16 bits per heavy atom. The molecule has 314 valence electrons. The predicted octanol–water partition coefficient (Wildman–Crippen LogP) is 10.7. The average molecular weight is 883 g/mol. The molecule has 2 rings (SSSR count). The fraction of sp³-hybridized carbons (Fsp3) is 0.778. The number of nitrogens with one attached hydrogen (secondary N) is 1. The van der Waals surface area contributed by atoms with E-state index in [0.717, 1.165) is 81.6 Å². The van der Waals surface area contributed by atoms with Crippen LogP contribution in [0.4, 0.5) is 0 Å². The summed E-state index contributed by atoms with van der Waals surface area (Å²) in [6.07, 6.45) is 35.3. The molecule has 0 aromatic carbocycles. The largest absolute Gasteiger partial charge is 0.382 e. The van der Waals surface area contributed by atoms with Gasteiger partial charge >= 0.3 is 5.69 Å². The molecule has 2 heterocycles. The predicted molar refractivity (Wildman–Crippen MR) is 232 cm³/mol. The number of aliphatic hydroxyl groups is 2. The maximum absolute atomic E-state index is 13.6. The van der Waals surface area contributed by atoms with Gasteiger partial charge in [0.2, 0.25) is 0 Å². The number of carbonyl (C=O) groups excluding carboxylic acids is 2. The Balaban J connectivity index is 1.80. The number of aromatic amines is 1. The molecule has 1 fully saturated rings. The second-order valence-electron chi connectivity index (χ2n) is 15.8. The van der Waals surface area contributed by atoms with Crippen LogP contribution < -0.4 is 11.2 Å². The van der Waals surface area contributed by atoms with Crippen molar-refractivity contribution < 1.29 is 24.5 Å². The van der Waals surface area contributed by atoms with Crippen LogP contribution in [0.5, 0.6) is 0 Å². The summed E-state index contributed by atoms with van der Waals surface area (Å²) in [7, 11) is 0. The van der Waals surface area contributed by atoms with Gasteiger partial charge in [0.05, 0.1) is 3.57 Å². The molecule has 1 aromatic rings. The Hall–Kier alpha value is -1.89. The molecule has 1 aromatic heterocycles. The number of ether oxygens (including phenoxy) is 1. The van der Waals surface area contributed by atoms with Crippen molar-refractivity contribution in [1.82, 2.24) is 9.55 Å². The summed E-state index contributed by atoms with van der Waals surface area (Å²) in [5.41, 5.74) is -3.45.